The van der Waals surface area contributed by atoms with E-state index in [4.69, 9.17) is 0 Å². The lowest BCUT2D eigenvalue weighted by molar-refractivity contribution is -0.118. The van der Waals surface area contributed by atoms with Crippen molar-refractivity contribution in [2.45, 2.75) is 11.7 Å². The number of H-pyrrole nitrogens is 1. The first-order valence-electron chi connectivity index (χ1n) is 5.59. The third kappa shape index (κ3) is 4.55. The Bertz CT molecular complexity index is 600. The molecule has 2 rings (SSSR count). The van der Waals surface area contributed by atoms with Crippen molar-refractivity contribution in [1.82, 2.24) is 20.5 Å². The van der Waals surface area contributed by atoms with Crippen LogP contribution < -0.4 is 10.9 Å². The molecule has 2 N–H and O–H groups in total. The smallest absolute Gasteiger partial charge is 0.270 e. The van der Waals surface area contributed by atoms with Gasteiger partial charge in [0.25, 0.3) is 5.56 Å². The van der Waals surface area contributed by atoms with Gasteiger partial charge in [-0.05, 0) is 5.56 Å². The van der Waals surface area contributed by atoms with Gasteiger partial charge in [0.05, 0.1) is 5.75 Å². The van der Waals surface area contributed by atoms with E-state index >= 15 is 0 Å². The second-order valence-electron chi connectivity index (χ2n) is 3.69. The van der Waals surface area contributed by atoms with Crippen LogP contribution in [-0.2, 0) is 11.3 Å². The highest BCUT2D eigenvalue weighted by Gasteiger charge is 2.04. The van der Waals surface area contributed by atoms with Crippen LogP contribution in [0, 0.1) is 0 Å². The van der Waals surface area contributed by atoms with E-state index in [9.17, 15) is 9.59 Å². The van der Waals surface area contributed by atoms with Gasteiger partial charge in [-0.2, -0.15) is 5.10 Å². The molecular weight excluding hydrogens is 264 g/mol. The van der Waals surface area contributed by atoms with Crippen molar-refractivity contribution in [3.63, 3.8) is 0 Å². The third-order valence-electron chi connectivity index (χ3n) is 2.23. The fourth-order valence-electron chi connectivity index (χ4n) is 1.34. The standard InChI is InChI=1S/C12H12N4O2S/c17-10-7-14-16-12(15-10)19-8-11(18)13-6-9-4-2-1-3-5-9/h1-5,7H,6,8H2,(H,13,18)(H,15,16,17). The van der Waals surface area contributed by atoms with Crippen LogP contribution in [0.5, 0.6) is 0 Å². The first kappa shape index (κ1) is 13.3. The number of nitrogens with one attached hydrogen (secondary N) is 2. The van der Waals surface area contributed by atoms with E-state index in [0.29, 0.717) is 11.7 Å². The maximum Gasteiger partial charge on any atom is 0.270 e. The number of carbonyl (C=O) groups is 1. The van der Waals surface area contributed by atoms with E-state index in [1.807, 2.05) is 30.3 Å². The number of hydrogen-bond acceptors (Lipinski definition) is 5. The van der Waals surface area contributed by atoms with Crippen LogP contribution in [-0.4, -0.2) is 26.8 Å². The maximum absolute atomic E-state index is 11.6. The molecule has 1 amide bonds. The van der Waals surface area contributed by atoms with E-state index in [2.05, 4.69) is 20.5 Å². The summed E-state index contributed by atoms with van der Waals surface area (Å²) in [6.45, 7) is 0.483. The summed E-state index contributed by atoms with van der Waals surface area (Å²) in [4.78, 5) is 25.1. The van der Waals surface area contributed by atoms with Crippen molar-refractivity contribution in [1.29, 1.82) is 0 Å². The van der Waals surface area contributed by atoms with E-state index in [0.717, 1.165) is 23.5 Å². The van der Waals surface area contributed by atoms with Gasteiger partial charge in [-0.1, -0.05) is 42.1 Å². The third-order valence-corrected chi connectivity index (χ3v) is 3.09. The first-order valence-corrected chi connectivity index (χ1v) is 6.58. The van der Waals surface area contributed by atoms with Gasteiger partial charge in [0, 0.05) is 6.54 Å². The summed E-state index contributed by atoms with van der Waals surface area (Å²) in [5, 5.41) is 10.3. The minimum Gasteiger partial charge on any atom is -0.351 e. The molecule has 0 aliphatic rings. The van der Waals surface area contributed by atoms with Crippen LogP contribution in [0.4, 0.5) is 0 Å². The molecule has 1 aromatic heterocycles. The summed E-state index contributed by atoms with van der Waals surface area (Å²) >= 11 is 1.14. The first-order chi connectivity index (χ1) is 9.24. The van der Waals surface area contributed by atoms with Crippen LogP contribution >= 0.6 is 11.8 Å². The molecule has 98 valence electrons. The molecule has 0 spiro atoms. The summed E-state index contributed by atoms with van der Waals surface area (Å²) in [5.74, 6) is 0.0573. The molecule has 0 aliphatic heterocycles. The summed E-state index contributed by atoms with van der Waals surface area (Å²) in [7, 11) is 0. The average molecular weight is 276 g/mol. The fraction of sp³-hybridized carbons (Fsp3) is 0.167. The summed E-state index contributed by atoms with van der Waals surface area (Å²) in [6, 6.07) is 9.63. The molecule has 0 saturated carbocycles. The number of nitrogens with zero attached hydrogens (tertiary/aromatic N) is 2. The molecule has 0 unspecified atom stereocenters. The molecule has 0 fully saturated rings. The fourth-order valence-corrected chi connectivity index (χ4v) is 1.99. The lowest BCUT2D eigenvalue weighted by atomic mass is 10.2. The van der Waals surface area contributed by atoms with Gasteiger partial charge in [0.2, 0.25) is 5.91 Å². The van der Waals surface area contributed by atoms with Crippen LogP contribution in [0.25, 0.3) is 0 Å². The van der Waals surface area contributed by atoms with Gasteiger partial charge in [0.15, 0.2) is 5.16 Å². The molecule has 6 nitrogen and oxygen atoms in total. The number of benzene rings is 1. The van der Waals surface area contributed by atoms with E-state index < -0.39 is 0 Å². The number of aromatic amines is 1. The van der Waals surface area contributed by atoms with Crippen molar-refractivity contribution in [3.05, 3.63) is 52.4 Å². The molecule has 0 radical (unpaired) electrons. The quantitative estimate of drug-likeness (QED) is 0.780. The Morgan fingerprint density at radius 1 is 1.32 bits per heavy atom. The van der Waals surface area contributed by atoms with Gasteiger partial charge in [-0.25, -0.2) is 0 Å². The van der Waals surface area contributed by atoms with E-state index in [1.54, 1.807) is 0 Å². The minimum atomic E-state index is -0.331. The highest BCUT2D eigenvalue weighted by molar-refractivity contribution is 7.99. The molecule has 0 atom stereocenters. The second kappa shape index (κ2) is 6.69. The Hall–Kier alpha value is -2.15. The van der Waals surface area contributed by atoms with E-state index in [-0.39, 0.29) is 17.2 Å². The van der Waals surface area contributed by atoms with Crippen molar-refractivity contribution < 1.29 is 4.79 Å². The molecule has 0 bridgehead atoms. The van der Waals surface area contributed by atoms with Crippen LogP contribution in [0.1, 0.15) is 5.56 Å². The maximum atomic E-state index is 11.6. The number of hydrogen-bond donors (Lipinski definition) is 2. The van der Waals surface area contributed by atoms with Gasteiger partial charge in [-0.3, -0.25) is 14.6 Å². The lowest BCUT2D eigenvalue weighted by Crippen LogP contribution is -2.24. The predicted molar refractivity (Wildman–Crippen MR) is 71.7 cm³/mol. The number of carbonyl (C=O) groups excluding carboxylic acids is 1. The van der Waals surface area contributed by atoms with E-state index in [1.165, 1.54) is 0 Å². The van der Waals surface area contributed by atoms with Crippen molar-refractivity contribution in [2.24, 2.45) is 0 Å². The van der Waals surface area contributed by atoms with Crippen molar-refractivity contribution >= 4 is 17.7 Å². The Morgan fingerprint density at radius 2 is 2.11 bits per heavy atom. The molecule has 2 aromatic rings. The summed E-state index contributed by atoms with van der Waals surface area (Å²) in [5.41, 5.74) is 0.705. The number of thioether (sulfide) groups is 1. The molecule has 0 aliphatic carbocycles. The van der Waals surface area contributed by atoms with Gasteiger partial charge in [-0.15, -0.1) is 5.10 Å². The zero-order chi connectivity index (χ0) is 13.5. The monoisotopic (exact) mass is 276 g/mol. The zero-order valence-electron chi connectivity index (χ0n) is 10.00. The Labute approximate surface area is 113 Å². The summed E-state index contributed by atoms with van der Waals surface area (Å²) in [6.07, 6.45) is 1.08. The molecule has 7 heteroatoms. The van der Waals surface area contributed by atoms with Crippen molar-refractivity contribution in [3.8, 4) is 0 Å². The second-order valence-corrected chi connectivity index (χ2v) is 4.65. The average Bonchev–Trinajstić information content (AvgIpc) is 2.44. The van der Waals surface area contributed by atoms with Gasteiger partial charge < -0.3 is 5.32 Å². The highest BCUT2D eigenvalue weighted by atomic mass is 32.2. The van der Waals surface area contributed by atoms with Gasteiger partial charge in [0.1, 0.15) is 6.20 Å². The Morgan fingerprint density at radius 3 is 2.84 bits per heavy atom. The number of aromatic nitrogens is 3. The number of rotatable bonds is 5. The van der Waals surface area contributed by atoms with Gasteiger partial charge >= 0.3 is 0 Å². The molecule has 1 aromatic carbocycles. The lowest BCUT2D eigenvalue weighted by Gasteiger charge is -2.04. The Balaban J connectivity index is 1.77. The minimum absolute atomic E-state index is 0.125. The topological polar surface area (TPSA) is 87.7 Å². The van der Waals surface area contributed by atoms with Crippen LogP contribution in [0.15, 0.2) is 46.5 Å². The largest absolute Gasteiger partial charge is 0.351 e. The highest BCUT2D eigenvalue weighted by Crippen LogP contribution is 2.08. The molecular formula is C12H12N4O2S. The predicted octanol–water partition coefficient (Wildman–Crippen LogP) is 0.573. The van der Waals surface area contributed by atoms with Crippen LogP contribution in [0.2, 0.25) is 0 Å². The Kier molecular flexibility index (Phi) is 4.68. The van der Waals surface area contributed by atoms with Crippen LogP contribution in [0.3, 0.4) is 0 Å². The molecule has 19 heavy (non-hydrogen) atoms. The molecule has 1 heterocycles. The zero-order valence-corrected chi connectivity index (χ0v) is 10.8. The SMILES string of the molecule is O=C(CSc1nncc(=O)[nH]1)NCc1ccccc1. The summed E-state index contributed by atoms with van der Waals surface area (Å²) < 4.78 is 0. The van der Waals surface area contributed by atoms with Crippen molar-refractivity contribution in [2.75, 3.05) is 5.75 Å². The normalized spacial score (nSPS) is 10.1. The molecule has 0 saturated heterocycles. The number of amides is 1.